The van der Waals surface area contributed by atoms with Crippen molar-refractivity contribution in [2.75, 3.05) is 0 Å². The smallest absolute Gasteiger partial charge is 0.435 e. The first-order valence-electron chi connectivity index (χ1n) is 6.61. The largest absolute Gasteiger partial charge is 0.439 e. The fourth-order valence-corrected chi connectivity index (χ4v) is 2.11. The molecular weight excluding hydrogens is 313 g/mol. The van der Waals surface area contributed by atoms with Gasteiger partial charge in [0.15, 0.2) is 5.69 Å². The van der Waals surface area contributed by atoms with Crippen LogP contribution in [0.15, 0.2) is 30.3 Å². The van der Waals surface area contributed by atoms with E-state index in [0.29, 0.717) is 5.75 Å². The average molecular weight is 328 g/mol. The first-order valence-corrected chi connectivity index (χ1v) is 6.61. The molecule has 0 radical (unpaired) electrons. The molecule has 0 aliphatic carbocycles. The maximum absolute atomic E-state index is 13.2. The zero-order valence-electron chi connectivity index (χ0n) is 12.2. The van der Waals surface area contributed by atoms with Crippen LogP contribution in [0.1, 0.15) is 23.7 Å². The molecule has 9 heteroatoms. The van der Waals surface area contributed by atoms with Crippen LogP contribution in [0, 0.1) is 0 Å². The van der Waals surface area contributed by atoms with E-state index >= 15 is 0 Å². The molecule has 0 saturated heterocycles. The molecule has 1 aromatic carbocycles. The third kappa shape index (κ3) is 3.81. The number of carbonyl (C=O) groups excluding carboxylic acids is 1. The van der Waals surface area contributed by atoms with Gasteiger partial charge in [0.25, 0.3) is 0 Å². The number of benzene rings is 1. The van der Waals surface area contributed by atoms with E-state index in [9.17, 15) is 18.0 Å². The van der Waals surface area contributed by atoms with Gasteiger partial charge in [-0.3, -0.25) is 4.79 Å². The number of nitrogens with two attached hydrogens (primary N) is 2. The summed E-state index contributed by atoms with van der Waals surface area (Å²) in [5.41, 5.74) is 9.16. The lowest BCUT2D eigenvalue weighted by molar-refractivity contribution is -0.142. The lowest BCUT2D eigenvalue weighted by Crippen LogP contribution is -2.23. The number of amides is 1. The Labute approximate surface area is 129 Å². The van der Waals surface area contributed by atoms with Crippen molar-refractivity contribution < 1.29 is 22.7 Å². The van der Waals surface area contributed by atoms with Crippen molar-refractivity contribution in [2.45, 2.75) is 18.6 Å². The molecule has 0 saturated carbocycles. The third-order valence-electron chi connectivity index (χ3n) is 3.05. The van der Waals surface area contributed by atoms with Gasteiger partial charge in [0.2, 0.25) is 11.8 Å². The van der Waals surface area contributed by atoms with Crippen LogP contribution in [0.5, 0.6) is 11.6 Å². The highest BCUT2D eigenvalue weighted by Crippen LogP contribution is 2.40. The van der Waals surface area contributed by atoms with Crippen molar-refractivity contribution in [3.8, 4) is 11.6 Å². The van der Waals surface area contributed by atoms with Crippen molar-refractivity contribution in [1.82, 2.24) is 9.78 Å². The summed E-state index contributed by atoms with van der Waals surface area (Å²) < 4.78 is 45.9. The number of rotatable bonds is 5. The van der Waals surface area contributed by atoms with Crippen LogP contribution in [0.25, 0.3) is 0 Å². The topological polar surface area (TPSA) is 96.2 Å². The second-order valence-corrected chi connectivity index (χ2v) is 4.88. The van der Waals surface area contributed by atoms with Crippen LogP contribution in [0.3, 0.4) is 0 Å². The highest BCUT2D eigenvalue weighted by molar-refractivity contribution is 5.75. The van der Waals surface area contributed by atoms with E-state index in [2.05, 4.69) is 5.10 Å². The summed E-state index contributed by atoms with van der Waals surface area (Å²) >= 11 is 0. The molecule has 0 bridgehead atoms. The predicted octanol–water partition coefficient (Wildman–Crippen LogP) is 2.11. The number of alkyl halides is 3. The van der Waals surface area contributed by atoms with Gasteiger partial charge in [-0.15, -0.1) is 0 Å². The lowest BCUT2D eigenvalue weighted by atomic mass is 10.0. The first kappa shape index (κ1) is 16.8. The number of carbonyl (C=O) groups is 1. The molecular formula is C14H15F3N4O2. The van der Waals surface area contributed by atoms with E-state index in [0.717, 1.165) is 4.68 Å². The minimum atomic E-state index is -4.74. The highest BCUT2D eigenvalue weighted by Gasteiger charge is 2.41. The van der Waals surface area contributed by atoms with Crippen molar-refractivity contribution in [1.29, 1.82) is 0 Å². The molecule has 2 rings (SSSR count). The quantitative estimate of drug-likeness (QED) is 0.878. The number of hydrogen-bond donors (Lipinski definition) is 2. The summed E-state index contributed by atoms with van der Waals surface area (Å²) in [4.78, 5) is 11.0. The van der Waals surface area contributed by atoms with E-state index in [1.165, 1.54) is 7.05 Å². The molecule has 0 spiro atoms. The summed E-state index contributed by atoms with van der Waals surface area (Å²) in [6, 6.07) is 6.93. The number of aromatic nitrogens is 2. The Morgan fingerprint density at radius 3 is 2.48 bits per heavy atom. The SMILES string of the molecule is Cn1nc(C(F)(F)F)c(C(N)CC(N)=O)c1Oc1ccccc1. The van der Waals surface area contributed by atoms with Crippen LogP contribution in [0.2, 0.25) is 0 Å². The van der Waals surface area contributed by atoms with Gasteiger partial charge < -0.3 is 16.2 Å². The van der Waals surface area contributed by atoms with Crippen LogP contribution in [0.4, 0.5) is 13.2 Å². The highest BCUT2D eigenvalue weighted by atomic mass is 19.4. The number of ether oxygens (including phenoxy) is 1. The zero-order valence-corrected chi connectivity index (χ0v) is 12.2. The molecule has 23 heavy (non-hydrogen) atoms. The summed E-state index contributed by atoms with van der Waals surface area (Å²) in [6.45, 7) is 0. The number of para-hydroxylation sites is 1. The Morgan fingerprint density at radius 2 is 1.96 bits per heavy atom. The van der Waals surface area contributed by atoms with Crippen LogP contribution < -0.4 is 16.2 Å². The average Bonchev–Trinajstić information content (AvgIpc) is 2.77. The van der Waals surface area contributed by atoms with Crippen molar-refractivity contribution in [3.63, 3.8) is 0 Å². The van der Waals surface area contributed by atoms with Crippen molar-refractivity contribution >= 4 is 5.91 Å². The molecule has 0 fully saturated rings. The zero-order chi connectivity index (χ0) is 17.2. The maximum Gasteiger partial charge on any atom is 0.435 e. The fourth-order valence-electron chi connectivity index (χ4n) is 2.11. The number of hydrogen-bond acceptors (Lipinski definition) is 4. The number of primary amides is 1. The van der Waals surface area contributed by atoms with Gasteiger partial charge in [0.1, 0.15) is 5.75 Å². The van der Waals surface area contributed by atoms with Gasteiger partial charge in [-0.25, -0.2) is 4.68 Å². The van der Waals surface area contributed by atoms with E-state index in [1.807, 2.05) is 0 Å². The second-order valence-electron chi connectivity index (χ2n) is 4.88. The van der Waals surface area contributed by atoms with Gasteiger partial charge in [-0.2, -0.15) is 18.3 Å². The van der Waals surface area contributed by atoms with Crippen LogP contribution in [-0.4, -0.2) is 15.7 Å². The molecule has 1 heterocycles. The molecule has 1 unspecified atom stereocenters. The molecule has 0 aliphatic rings. The molecule has 2 aromatic rings. The molecule has 6 nitrogen and oxygen atoms in total. The lowest BCUT2D eigenvalue weighted by Gasteiger charge is -2.14. The first-order chi connectivity index (χ1) is 10.7. The third-order valence-corrected chi connectivity index (χ3v) is 3.05. The Balaban J connectivity index is 2.52. The monoisotopic (exact) mass is 328 g/mol. The molecule has 4 N–H and O–H groups in total. The van der Waals surface area contributed by atoms with E-state index in [1.54, 1.807) is 30.3 Å². The summed E-state index contributed by atoms with van der Waals surface area (Å²) in [7, 11) is 1.30. The molecule has 1 amide bonds. The summed E-state index contributed by atoms with van der Waals surface area (Å²) in [6.07, 6.45) is -5.19. The molecule has 124 valence electrons. The minimum absolute atomic E-state index is 0.183. The summed E-state index contributed by atoms with van der Waals surface area (Å²) in [5, 5.41) is 3.44. The molecule has 1 atom stereocenters. The predicted molar refractivity (Wildman–Crippen MR) is 75.5 cm³/mol. The van der Waals surface area contributed by atoms with Gasteiger partial charge in [-0.1, -0.05) is 18.2 Å². The van der Waals surface area contributed by atoms with Crippen molar-refractivity contribution in [2.24, 2.45) is 18.5 Å². The second kappa shape index (κ2) is 6.29. The Bertz CT molecular complexity index is 698. The number of aryl methyl sites for hydroxylation is 1. The van der Waals surface area contributed by atoms with E-state index < -0.39 is 35.8 Å². The van der Waals surface area contributed by atoms with E-state index in [-0.39, 0.29) is 5.88 Å². The molecule has 1 aromatic heterocycles. The van der Waals surface area contributed by atoms with Gasteiger partial charge in [0.05, 0.1) is 5.56 Å². The Hall–Kier alpha value is -2.55. The summed E-state index contributed by atoms with van der Waals surface area (Å²) in [5.74, 6) is -0.686. The maximum atomic E-state index is 13.2. The molecule has 0 aliphatic heterocycles. The van der Waals surface area contributed by atoms with Crippen LogP contribution in [-0.2, 0) is 18.0 Å². The Morgan fingerprint density at radius 1 is 1.35 bits per heavy atom. The standard InChI is InChI=1S/C14H15F3N4O2/c1-21-13(23-8-5-3-2-4-6-8)11(9(18)7-10(19)22)12(20-21)14(15,16)17/h2-6,9H,7,18H2,1H3,(H2,19,22). The normalized spacial score (nSPS) is 12.9. The van der Waals surface area contributed by atoms with Crippen LogP contribution >= 0.6 is 0 Å². The number of halogens is 3. The van der Waals surface area contributed by atoms with Gasteiger partial charge in [0, 0.05) is 19.5 Å². The van der Waals surface area contributed by atoms with E-state index in [4.69, 9.17) is 16.2 Å². The minimum Gasteiger partial charge on any atom is -0.439 e. The Kier molecular flexibility index (Phi) is 4.60. The number of nitrogens with zero attached hydrogens (tertiary/aromatic N) is 2. The van der Waals surface area contributed by atoms with Gasteiger partial charge in [-0.05, 0) is 12.1 Å². The van der Waals surface area contributed by atoms with Gasteiger partial charge >= 0.3 is 6.18 Å². The van der Waals surface area contributed by atoms with Crippen molar-refractivity contribution in [3.05, 3.63) is 41.6 Å². The fraction of sp³-hybridized carbons (Fsp3) is 0.286.